The van der Waals surface area contributed by atoms with Crippen LogP contribution in [0.4, 0.5) is 4.39 Å². The highest BCUT2D eigenvalue weighted by atomic mass is 19.2. The van der Waals surface area contributed by atoms with Crippen LogP contribution < -0.4 is 0 Å². The fourth-order valence-corrected chi connectivity index (χ4v) is 3.00. The van der Waals surface area contributed by atoms with Crippen LogP contribution in [0.25, 0.3) is 0 Å². The zero-order valence-corrected chi connectivity index (χ0v) is 17.0. The second kappa shape index (κ2) is 15.4. The molecule has 0 aliphatic rings. The average Bonchev–Trinajstić information content (AvgIpc) is 2.57. The normalized spacial score (nSPS) is 13.4. The molecular weight excluding hydrogens is 315 g/mol. The third-order valence-electron chi connectivity index (χ3n) is 4.68. The molecule has 0 aliphatic heterocycles. The molecule has 0 N–H and O–H groups in total. The van der Waals surface area contributed by atoms with Gasteiger partial charge in [-0.2, -0.15) is 4.39 Å². The van der Waals surface area contributed by atoms with Crippen LogP contribution in [0.2, 0.25) is 0 Å². The largest absolute Gasteiger partial charge is 0.425 e. The molecule has 0 aromatic heterocycles. The van der Waals surface area contributed by atoms with Gasteiger partial charge < -0.3 is 4.74 Å². The van der Waals surface area contributed by atoms with Gasteiger partial charge in [-0.15, -0.1) is 0 Å². The minimum atomic E-state index is -1.82. The van der Waals surface area contributed by atoms with Crippen molar-refractivity contribution in [1.82, 2.24) is 0 Å². The number of hydrogen-bond donors (Lipinski definition) is 0. The van der Waals surface area contributed by atoms with E-state index in [4.69, 9.17) is 4.74 Å². The number of ether oxygens (including phenoxy) is 1. The van der Waals surface area contributed by atoms with Gasteiger partial charge >= 0.3 is 5.97 Å². The first-order valence-corrected chi connectivity index (χ1v) is 10.5. The highest BCUT2D eigenvalue weighted by Crippen LogP contribution is 2.29. The molecule has 0 spiro atoms. The summed E-state index contributed by atoms with van der Waals surface area (Å²) in [5, 5.41) is 0. The number of carbonyl (C=O) groups excluding carboxylic acids is 1. The summed E-state index contributed by atoms with van der Waals surface area (Å²) in [7, 11) is 0. The Kier molecular flexibility index (Phi) is 14.9. The Morgan fingerprint density at radius 3 is 1.52 bits per heavy atom. The molecule has 0 radical (unpaired) electrons. The number of esters is 1. The maximum Gasteiger partial charge on any atom is 0.335 e. The standard InChI is InChI=1S/C22H41FO2/c1-5-7-9-11-12-13-15-17-19-22(23,25-21(24)20(3)4)18-16-14-10-8-6-2/h3,5-19H2,1-2,4H3. The minimum absolute atomic E-state index is 0.268. The lowest BCUT2D eigenvalue weighted by atomic mass is 10.00. The number of carbonyl (C=O) groups is 1. The van der Waals surface area contributed by atoms with Crippen molar-refractivity contribution in [3.63, 3.8) is 0 Å². The quantitative estimate of drug-likeness (QED) is 0.152. The summed E-state index contributed by atoms with van der Waals surface area (Å²) in [6, 6.07) is 0. The lowest BCUT2D eigenvalue weighted by Gasteiger charge is -2.25. The summed E-state index contributed by atoms with van der Waals surface area (Å²) in [5.74, 6) is -2.42. The topological polar surface area (TPSA) is 26.3 Å². The molecule has 2 nitrogen and oxygen atoms in total. The summed E-state index contributed by atoms with van der Waals surface area (Å²) in [6.07, 6.45) is 15.2. The van der Waals surface area contributed by atoms with E-state index in [0.717, 1.165) is 38.5 Å². The minimum Gasteiger partial charge on any atom is -0.425 e. The van der Waals surface area contributed by atoms with E-state index in [1.807, 2.05) is 0 Å². The molecule has 0 bridgehead atoms. The van der Waals surface area contributed by atoms with Crippen molar-refractivity contribution in [3.8, 4) is 0 Å². The Morgan fingerprint density at radius 1 is 0.800 bits per heavy atom. The number of unbranched alkanes of at least 4 members (excludes halogenated alkanes) is 11. The van der Waals surface area contributed by atoms with Gasteiger partial charge in [-0.25, -0.2) is 4.79 Å². The maximum absolute atomic E-state index is 15.1. The molecule has 0 aliphatic carbocycles. The molecule has 3 heteroatoms. The number of rotatable bonds is 17. The first-order chi connectivity index (χ1) is 11.9. The highest BCUT2D eigenvalue weighted by Gasteiger charge is 2.33. The van der Waals surface area contributed by atoms with Gasteiger partial charge in [0.25, 0.3) is 5.85 Å². The zero-order chi connectivity index (χ0) is 19.0. The lowest BCUT2D eigenvalue weighted by molar-refractivity contribution is -0.182. The van der Waals surface area contributed by atoms with Crippen LogP contribution in [0.15, 0.2) is 12.2 Å². The van der Waals surface area contributed by atoms with Crippen LogP contribution in [-0.2, 0) is 9.53 Å². The van der Waals surface area contributed by atoms with Crippen LogP contribution in [0.1, 0.15) is 117 Å². The Hall–Kier alpha value is -0.860. The van der Waals surface area contributed by atoms with Crippen LogP contribution in [0.3, 0.4) is 0 Å². The first-order valence-electron chi connectivity index (χ1n) is 10.5. The Morgan fingerprint density at radius 2 is 1.16 bits per heavy atom. The van der Waals surface area contributed by atoms with Crippen molar-refractivity contribution in [2.75, 3.05) is 0 Å². The van der Waals surface area contributed by atoms with Gasteiger partial charge in [-0.1, -0.05) is 91.1 Å². The van der Waals surface area contributed by atoms with E-state index in [-0.39, 0.29) is 5.57 Å². The van der Waals surface area contributed by atoms with Crippen molar-refractivity contribution in [2.45, 2.75) is 123 Å². The molecule has 0 amide bonds. The van der Waals surface area contributed by atoms with E-state index >= 15 is 4.39 Å². The Bertz CT molecular complexity index is 354. The van der Waals surface area contributed by atoms with Gasteiger partial charge in [0.15, 0.2) is 0 Å². The van der Waals surface area contributed by atoms with Crippen molar-refractivity contribution in [2.24, 2.45) is 0 Å². The van der Waals surface area contributed by atoms with E-state index in [9.17, 15) is 4.79 Å². The van der Waals surface area contributed by atoms with E-state index < -0.39 is 11.8 Å². The average molecular weight is 357 g/mol. The maximum atomic E-state index is 15.1. The van der Waals surface area contributed by atoms with Gasteiger partial charge in [0.2, 0.25) is 0 Å². The molecule has 0 fully saturated rings. The summed E-state index contributed by atoms with van der Waals surface area (Å²) in [6.45, 7) is 9.51. The second-order valence-corrected chi connectivity index (χ2v) is 7.44. The van der Waals surface area contributed by atoms with Crippen molar-refractivity contribution in [1.29, 1.82) is 0 Å². The van der Waals surface area contributed by atoms with Crippen LogP contribution in [-0.4, -0.2) is 11.8 Å². The first kappa shape index (κ1) is 24.1. The van der Waals surface area contributed by atoms with E-state index in [1.54, 1.807) is 6.92 Å². The number of hydrogen-bond acceptors (Lipinski definition) is 2. The summed E-state index contributed by atoms with van der Waals surface area (Å²) >= 11 is 0. The molecule has 1 atom stereocenters. The summed E-state index contributed by atoms with van der Waals surface area (Å²) in [5.41, 5.74) is 0.268. The molecular formula is C22H41FO2. The molecule has 0 aromatic rings. The fourth-order valence-electron chi connectivity index (χ4n) is 3.00. The highest BCUT2D eigenvalue weighted by molar-refractivity contribution is 5.87. The summed E-state index contributed by atoms with van der Waals surface area (Å²) in [4.78, 5) is 11.8. The van der Waals surface area contributed by atoms with E-state index in [1.165, 1.54) is 44.9 Å². The van der Waals surface area contributed by atoms with Crippen LogP contribution >= 0.6 is 0 Å². The second-order valence-electron chi connectivity index (χ2n) is 7.44. The fraction of sp³-hybridized carbons (Fsp3) is 0.864. The van der Waals surface area contributed by atoms with Gasteiger partial charge in [-0.05, 0) is 19.8 Å². The van der Waals surface area contributed by atoms with Gasteiger partial charge in [0.1, 0.15) is 0 Å². The molecule has 0 aromatic carbocycles. The smallest absolute Gasteiger partial charge is 0.335 e. The zero-order valence-electron chi connectivity index (χ0n) is 17.0. The molecule has 0 rings (SSSR count). The SMILES string of the molecule is C=C(C)C(=O)OC(F)(CCCCCCC)CCCCCCCCCC. The predicted molar refractivity (Wildman–Crippen MR) is 105 cm³/mol. The Balaban J connectivity index is 4.15. The van der Waals surface area contributed by atoms with E-state index in [0.29, 0.717) is 12.8 Å². The van der Waals surface area contributed by atoms with E-state index in [2.05, 4.69) is 20.4 Å². The monoisotopic (exact) mass is 356 g/mol. The van der Waals surface area contributed by atoms with Crippen LogP contribution in [0.5, 0.6) is 0 Å². The third kappa shape index (κ3) is 14.0. The molecule has 0 heterocycles. The molecule has 1 unspecified atom stereocenters. The molecule has 0 saturated carbocycles. The van der Waals surface area contributed by atoms with Crippen molar-refractivity contribution >= 4 is 5.97 Å². The van der Waals surface area contributed by atoms with Crippen molar-refractivity contribution in [3.05, 3.63) is 12.2 Å². The molecule has 0 saturated heterocycles. The van der Waals surface area contributed by atoms with Gasteiger partial charge in [0.05, 0.1) is 0 Å². The van der Waals surface area contributed by atoms with Crippen molar-refractivity contribution < 1.29 is 13.9 Å². The number of alkyl halides is 1. The Labute approximate surface area is 155 Å². The van der Waals surface area contributed by atoms with Gasteiger partial charge in [-0.3, -0.25) is 0 Å². The molecule has 148 valence electrons. The lowest BCUT2D eigenvalue weighted by Crippen LogP contribution is -2.30. The summed E-state index contributed by atoms with van der Waals surface area (Å²) < 4.78 is 20.3. The van der Waals surface area contributed by atoms with Crippen LogP contribution in [0, 0.1) is 0 Å². The predicted octanol–water partition coefficient (Wildman–Crippen LogP) is 7.66. The third-order valence-corrected chi connectivity index (χ3v) is 4.68. The molecule has 25 heavy (non-hydrogen) atoms. The van der Waals surface area contributed by atoms with Gasteiger partial charge in [0, 0.05) is 18.4 Å². The number of halogens is 1.